The predicted octanol–water partition coefficient (Wildman–Crippen LogP) is 4.82. The predicted molar refractivity (Wildman–Crippen MR) is 147 cm³/mol. The maximum absolute atomic E-state index is 13.2. The summed E-state index contributed by atoms with van der Waals surface area (Å²) in [6.45, 7) is -0.698. The summed E-state index contributed by atoms with van der Waals surface area (Å²) in [6.07, 6.45) is 7.74. The fraction of sp³-hybridized carbons (Fsp3) is 0.379. The minimum absolute atomic E-state index is 0.138. The molecule has 1 aliphatic carbocycles. The number of benzene rings is 3. The molecule has 1 aliphatic rings. The molecule has 1 fully saturated rings. The van der Waals surface area contributed by atoms with E-state index in [1.807, 2.05) is 24.3 Å². The molecule has 1 amide bonds. The molecule has 1 saturated carbocycles. The van der Waals surface area contributed by atoms with Crippen molar-refractivity contribution >= 4 is 38.4 Å². The molecule has 0 atom stereocenters. The Balaban J connectivity index is 1.26. The molecule has 0 aromatic heterocycles. The largest absolute Gasteiger partial charge is 0.482 e. The molecule has 0 aliphatic heterocycles. The van der Waals surface area contributed by atoms with Crippen LogP contribution in [0.25, 0.3) is 10.8 Å². The van der Waals surface area contributed by atoms with E-state index in [-0.39, 0.29) is 30.1 Å². The highest BCUT2D eigenvalue weighted by atomic mass is 32.2. The highest BCUT2D eigenvalue weighted by Crippen LogP contribution is 2.26. The zero-order chi connectivity index (χ0) is 27.0. The van der Waals surface area contributed by atoms with Crippen molar-refractivity contribution in [1.82, 2.24) is 5.32 Å². The second-order valence-corrected chi connectivity index (χ2v) is 11.5. The van der Waals surface area contributed by atoms with Crippen LogP contribution in [0.15, 0.2) is 71.6 Å². The number of hydrogen-bond acceptors (Lipinski definition) is 6. The Morgan fingerprint density at radius 3 is 2.24 bits per heavy atom. The summed E-state index contributed by atoms with van der Waals surface area (Å²) in [6, 6.07) is 19.1. The lowest BCUT2D eigenvalue weighted by Gasteiger charge is -2.21. The summed E-state index contributed by atoms with van der Waals surface area (Å²) >= 11 is 0. The molecule has 38 heavy (non-hydrogen) atoms. The van der Waals surface area contributed by atoms with Crippen molar-refractivity contribution in [3.05, 3.63) is 66.7 Å². The number of hydrogen-bond donors (Lipinski definition) is 1. The van der Waals surface area contributed by atoms with Crippen LogP contribution in [0.3, 0.4) is 0 Å². The molecule has 0 spiro atoms. The smallest absolute Gasteiger partial charge is 0.344 e. The Morgan fingerprint density at radius 1 is 0.868 bits per heavy atom. The van der Waals surface area contributed by atoms with Crippen LogP contribution in [-0.2, 0) is 24.3 Å². The van der Waals surface area contributed by atoms with Gasteiger partial charge in [-0.1, -0.05) is 62.4 Å². The normalized spacial score (nSPS) is 14.8. The van der Waals surface area contributed by atoms with Gasteiger partial charge in [-0.2, -0.15) is 0 Å². The zero-order valence-corrected chi connectivity index (χ0v) is 22.4. The highest BCUT2D eigenvalue weighted by molar-refractivity contribution is 7.92. The molecule has 3 aromatic rings. The maximum atomic E-state index is 13.2. The Labute approximate surface area is 224 Å². The fourth-order valence-corrected chi connectivity index (χ4v) is 5.81. The number of amides is 1. The van der Waals surface area contributed by atoms with Crippen LogP contribution in [0.1, 0.15) is 44.9 Å². The number of esters is 1. The number of carbonyl (C=O) groups is 2. The van der Waals surface area contributed by atoms with E-state index in [1.165, 1.54) is 30.6 Å². The molecule has 0 unspecified atom stereocenters. The maximum Gasteiger partial charge on any atom is 0.344 e. The number of ether oxygens (including phenoxy) is 2. The first kappa shape index (κ1) is 27.4. The first-order valence-corrected chi connectivity index (χ1v) is 14.4. The minimum Gasteiger partial charge on any atom is -0.482 e. The van der Waals surface area contributed by atoms with Crippen molar-refractivity contribution in [1.29, 1.82) is 0 Å². The molecule has 0 bridgehead atoms. The van der Waals surface area contributed by atoms with Crippen molar-refractivity contribution in [2.24, 2.45) is 0 Å². The van der Waals surface area contributed by atoms with Crippen LogP contribution in [0, 0.1) is 0 Å². The van der Waals surface area contributed by atoms with Crippen molar-refractivity contribution in [2.75, 3.05) is 24.6 Å². The Kier molecular flexibility index (Phi) is 9.23. The lowest BCUT2D eigenvalue weighted by molar-refractivity contribution is -0.150. The summed E-state index contributed by atoms with van der Waals surface area (Å²) < 4.78 is 38.0. The summed E-state index contributed by atoms with van der Waals surface area (Å²) in [4.78, 5) is 24.4. The third-order valence-corrected chi connectivity index (χ3v) is 8.55. The first-order chi connectivity index (χ1) is 18.3. The van der Waals surface area contributed by atoms with Crippen LogP contribution >= 0.6 is 0 Å². The van der Waals surface area contributed by atoms with E-state index in [0.717, 1.165) is 36.5 Å². The van der Waals surface area contributed by atoms with Gasteiger partial charge in [0, 0.05) is 13.1 Å². The van der Waals surface area contributed by atoms with Crippen LogP contribution in [-0.4, -0.2) is 46.6 Å². The van der Waals surface area contributed by atoms with E-state index < -0.39 is 16.0 Å². The number of nitrogens with zero attached hydrogens (tertiary/aromatic N) is 1. The third-order valence-electron chi connectivity index (χ3n) is 6.77. The van der Waals surface area contributed by atoms with E-state index >= 15 is 0 Å². The number of nitrogens with one attached hydrogen (secondary N) is 1. The highest BCUT2D eigenvalue weighted by Gasteiger charge is 2.22. The Morgan fingerprint density at radius 2 is 1.53 bits per heavy atom. The molecule has 202 valence electrons. The molecule has 4 rings (SSSR count). The number of anilines is 1. The van der Waals surface area contributed by atoms with Gasteiger partial charge >= 0.3 is 5.97 Å². The molecule has 0 saturated heterocycles. The molecule has 3 aromatic carbocycles. The van der Waals surface area contributed by atoms with Crippen LogP contribution in [0.2, 0.25) is 0 Å². The van der Waals surface area contributed by atoms with Gasteiger partial charge in [-0.3, -0.25) is 9.10 Å². The number of sulfonamides is 1. The van der Waals surface area contributed by atoms with Crippen LogP contribution in [0.5, 0.6) is 5.75 Å². The standard InChI is InChI=1S/C29H34N2O6S/c1-31(38(34,35)27-18-13-22-9-7-8-10-23(22)19-27)25-14-16-26(17-15-25)36-21-29(33)37-20-28(32)30-24-11-5-3-2-4-6-12-24/h7-10,13-19,24H,2-6,11-12,20-21H2,1H3,(H,30,32). The number of fused-ring (bicyclic) bond motifs is 1. The molecular weight excluding hydrogens is 504 g/mol. The second-order valence-electron chi connectivity index (χ2n) is 9.53. The fourth-order valence-electron chi connectivity index (χ4n) is 4.58. The van der Waals surface area contributed by atoms with Crippen molar-refractivity contribution in [2.45, 2.75) is 55.9 Å². The Hall–Kier alpha value is -3.59. The van der Waals surface area contributed by atoms with E-state index in [0.29, 0.717) is 11.4 Å². The summed E-state index contributed by atoms with van der Waals surface area (Å²) in [5, 5.41) is 4.76. The zero-order valence-electron chi connectivity index (χ0n) is 21.6. The molecule has 1 N–H and O–H groups in total. The van der Waals surface area contributed by atoms with Gasteiger partial charge in [0.25, 0.3) is 15.9 Å². The van der Waals surface area contributed by atoms with Crippen molar-refractivity contribution < 1.29 is 27.5 Å². The Bertz CT molecular complexity index is 1350. The summed E-state index contributed by atoms with van der Waals surface area (Å²) in [5.74, 6) is -0.581. The molecule has 8 nitrogen and oxygen atoms in total. The number of rotatable bonds is 9. The van der Waals surface area contributed by atoms with Gasteiger partial charge in [0.1, 0.15) is 5.75 Å². The van der Waals surface area contributed by atoms with Gasteiger partial charge in [-0.15, -0.1) is 0 Å². The summed E-state index contributed by atoms with van der Waals surface area (Å²) in [7, 11) is -2.29. The average molecular weight is 539 g/mol. The molecular formula is C29H34N2O6S. The van der Waals surface area contributed by atoms with Gasteiger partial charge in [-0.05, 0) is 60.0 Å². The van der Waals surface area contributed by atoms with E-state index in [1.54, 1.807) is 42.5 Å². The summed E-state index contributed by atoms with van der Waals surface area (Å²) in [5.41, 5.74) is 0.443. The second kappa shape index (κ2) is 12.8. The van der Waals surface area contributed by atoms with E-state index in [4.69, 9.17) is 9.47 Å². The molecule has 9 heteroatoms. The van der Waals surface area contributed by atoms with Gasteiger partial charge < -0.3 is 14.8 Å². The van der Waals surface area contributed by atoms with Crippen molar-refractivity contribution in [3.8, 4) is 5.75 Å². The van der Waals surface area contributed by atoms with Crippen molar-refractivity contribution in [3.63, 3.8) is 0 Å². The molecule has 0 radical (unpaired) electrons. The quantitative estimate of drug-likeness (QED) is 0.392. The average Bonchev–Trinajstić information content (AvgIpc) is 2.91. The van der Waals surface area contributed by atoms with E-state index in [9.17, 15) is 18.0 Å². The SMILES string of the molecule is CN(c1ccc(OCC(=O)OCC(=O)NC2CCCCCCC2)cc1)S(=O)(=O)c1ccc2ccccc2c1. The monoisotopic (exact) mass is 538 g/mol. The topological polar surface area (TPSA) is 102 Å². The van der Waals surface area contributed by atoms with Gasteiger partial charge in [0.05, 0.1) is 10.6 Å². The minimum atomic E-state index is -3.77. The van der Waals surface area contributed by atoms with E-state index in [2.05, 4.69) is 5.32 Å². The van der Waals surface area contributed by atoms with Crippen LogP contribution in [0.4, 0.5) is 5.69 Å². The molecule has 0 heterocycles. The van der Waals surface area contributed by atoms with Gasteiger partial charge in [-0.25, -0.2) is 13.2 Å². The lowest BCUT2D eigenvalue weighted by atomic mass is 9.97. The lowest BCUT2D eigenvalue weighted by Crippen LogP contribution is -2.38. The first-order valence-electron chi connectivity index (χ1n) is 13.0. The van der Waals surface area contributed by atoms with Crippen LogP contribution < -0.4 is 14.4 Å². The van der Waals surface area contributed by atoms with Gasteiger partial charge in [0.2, 0.25) is 0 Å². The number of carbonyl (C=O) groups excluding carboxylic acids is 2. The van der Waals surface area contributed by atoms with Gasteiger partial charge in [0.15, 0.2) is 13.2 Å². The third kappa shape index (κ3) is 7.25.